The third-order valence-electron chi connectivity index (χ3n) is 5.08. The molecule has 1 amide bonds. The van der Waals surface area contributed by atoms with Gasteiger partial charge in [0.15, 0.2) is 0 Å². The Morgan fingerprint density at radius 1 is 1.23 bits per heavy atom. The average Bonchev–Trinajstić information content (AvgIpc) is 2.85. The van der Waals surface area contributed by atoms with E-state index in [9.17, 15) is 4.79 Å². The zero-order chi connectivity index (χ0) is 15.7. The van der Waals surface area contributed by atoms with Crippen molar-refractivity contribution in [3.8, 4) is 0 Å². The van der Waals surface area contributed by atoms with Gasteiger partial charge in [0.2, 0.25) is 0 Å². The Morgan fingerprint density at radius 3 is 2.64 bits per heavy atom. The zero-order valence-corrected chi connectivity index (χ0v) is 14.9. The van der Waals surface area contributed by atoms with Crippen LogP contribution in [0.15, 0.2) is 22.9 Å². The van der Waals surface area contributed by atoms with E-state index in [0.29, 0.717) is 23.7 Å². The summed E-state index contributed by atoms with van der Waals surface area (Å²) in [6.45, 7) is 6.35. The van der Waals surface area contributed by atoms with Crippen molar-refractivity contribution < 1.29 is 4.79 Å². The summed E-state index contributed by atoms with van der Waals surface area (Å²) in [5.41, 5.74) is 0.678. The molecule has 4 nitrogen and oxygen atoms in total. The summed E-state index contributed by atoms with van der Waals surface area (Å²) < 4.78 is 0.855. The third kappa shape index (κ3) is 3.20. The molecule has 1 aromatic rings. The number of rotatable bonds is 2. The molecule has 3 heterocycles. The molecule has 120 valence electrons. The van der Waals surface area contributed by atoms with E-state index in [-0.39, 0.29) is 5.91 Å². The van der Waals surface area contributed by atoms with Crippen molar-refractivity contribution in [2.75, 3.05) is 13.1 Å². The van der Waals surface area contributed by atoms with Gasteiger partial charge in [-0.15, -0.1) is 0 Å². The lowest BCUT2D eigenvalue weighted by Crippen LogP contribution is -2.52. The van der Waals surface area contributed by atoms with Crippen LogP contribution in [0, 0.1) is 0 Å². The molecule has 3 rings (SSSR count). The largest absolute Gasteiger partial charge is 0.337 e. The molecule has 0 radical (unpaired) electrons. The van der Waals surface area contributed by atoms with Crippen LogP contribution in [-0.2, 0) is 0 Å². The van der Waals surface area contributed by atoms with E-state index in [1.165, 1.54) is 19.3 Å². The van der Waals surface area contributed by atoms with Gasteiger partial charge in [-0.05, 0) is 61.5 Å². The van der Waals surface area contributed by atoms with Crippen LogP contribution < -0.4 is 0 Å². The lowest BCUT2D eigenvalue weighted by molar-refractivity contribution is 0.0486. The van der Waals surface area contributed by atoms with Gasteiger partial charge in [-0.25, -0.2) is 0 Å². The molecule has 2 aliphatic rings. The molecule has 3 atom stereocenters. The molecule has 0 bridgehead atoms. The minimum Gasteiger partial charge on any atom is -0.337 e. The fourth-order valence-electron chi connectivity index (χ4n) is 4.03. The Hall–Kier alpha value is -0.940. The highest BCUT2D eigenvalue weighted by Gasteiger charge is 2.36. The Morgan fingerprint density at radius 2 is 1.95 bits per heavy atom. The van der Waals surface area contributed by atoms with Gasteiger partial charge in [-0.1, -0.05) is 0 Å². The first-order chi connectivity index (χ1) is 10.6. The number of hydrogen-bond acceptors (Lipinski definition) is 3. The Balaban J connectivity index is 1.71. The van der Waals surface area contributed by atoms with Gasteiger partial charge in [0.25, 0.3) is 5.91 Å². The molecule has 2 fully saturated rings. The summed E-state index contributed by atoms with van der Waals surface area (Å²) in [5.74, 6) is 0.109. The van der Waals surface area contributed by atoms with E-state index in [0.717, 1.165) is 24.0 Å². The van der Waals surface area contributed by atoms with Crippen molar-refractivity contribution in [2.45, 2.75) is 57.7 Å². The van der Waals surface area contributed by atoms with Crippen molar-refractivity contribution in [3.63, 3.8) is 0 Å². The van der Waals surface area contributed by atoms with Crippen molar-refractivity contribution in [2.24, 2.45) is 0 Å². The second-order valence-electron chi connectivity index (χ2n) is 6.66. The normalized spacial score (nSPS) is 29.8. The highest BCUT2D eigenvalue weighted by molar-refractivity contribution is 9.10. The molecule has 2 aliphatic heterocycles. The molecule has 2 saturated heterocycles. The molecule has 22 heavy (non-hydrogen) atoms. The van der Waals surface area contributed by atoms with Gasteiger partial charge in [-0.2, -0.15) is 0 Å². The number of pyridine rings is 1. The van der Waals surface area contributed by atoms with Crippen molar-refractivity contribution >= 4 is 21.8 Å². The Kier molecular flexibility index (Phi) is 4.83. The van der Waals surface area contributed by atoms with Crippen molar-refractivity contribution in [1.82, 2.24) is 14.8 Å². The number of piperidine rings is 1. The van der Waals surface area contributed by atoms with Crippen LogP contribution in [-0.4, -0.2) is 51.9 Å². The van der Waals surface area contributed by atoms with Crippen LogP contribution in [0.3, 0.4) is 0 Å². The van der Waals surface area contributed by atoms with Crippen molar-refractivity contribution in [1.29, 1.82) is 0 Å². The molecule has 0 N–H and O–H groups in total. The highest BCUT2D eigenvalue weighted by atomic mass is 79.9. The zero-order valence-electron chi connectivity index (χ0n) is 13.3. The Bertz CT molecular complexity index is 540. The monoisotopic (exact) mass is 365 g/mol. The molecule has 0 spiro atoms. The van der Waals surface area contributed by atoms with E-state index in [2.05, 4.69) is 39.7 Å². The van der Waals surface area contributed by atoms with Gasteiger partial charge < -0.3 is 4.90 Å². The predicted molar refractivity (Wildman–Crippen MR) is 90.9 cm³/mol. The summed E-state index contributed by atoms with van der Waals surface area (Å²) >= 11 is 3.39. The smallest absolute Gasteiger partial charge is 0.255 e. The summed E-state index contributed by atoms with van der Waals surface area (Å²) in [6.07, 6.45) is 8.23. The number of hydrogen-bond donors (Lipinski definition) is 0. The van der Waals surface area contributed by atoms with Crippen LogP contribution in [0.1, 0.15) is 49.9 Å². The van der Waals surface area contributed by atoms with E-state index in [4.69, 9.17) is 0 Å². The first-order valence-electron chi connectivity index (χ1n) is 8.23. The number of nitrogens with zero attached hydrogens (tertiary/aromatic N) is 3. The number of halogens is 1. The maximum atomic E-state index is 12.7. The minimum absolute atomic E-state index is 0.109. The van der Waals surface area contributed by atoms with Crippen LogP contribution in [0.25, 0.3) is 0 Å². The number of amides is 1. The molecule has 1 aromatic heterocycles. The fraction of sp³-hybridized carbons (Fsp3) is 0.647. The lowest BCUT2D eigenvalue weighted by Gasteiger charge is -2.41. The summed E-state index contributed by atoms with van der Waals surface area (Å²) in [5, 5.41) is 0. The average molecular weight is 366 g/mol. The van der Waals surface area contributed by atoms with E-state index in [1.54, 1.807) is 12.4 Å². The summed E-state index contributed by atoms with van der Waals surface area (Å²) in [4.78, 5) is 21.5. The third-order valence-corrected chi connectivity index (χ3v) is 5.51. The van der Waals surface area contributed by atoms with Crippen LogP contribution in [0.2, 0.25) is 0 Å². The topological polar surface area (TPSA) is 36.4 Å². The fourth-order valence-corrected chi connectivity index (χ4v) is 4.39. The first kappa shape index (κ1) is 15.9. The summed E-state index contributed by atoms with van der Waals surface area (Å²) in [6, 6.07) is 3.65. The van der Waals surface area contributed by atoms with Gasteiger partial charge >= 0.3 is 0 Å². The van der Waals surface area contributed by atoms with E-state index >= 15 is 0 Å². The lowest BCUT2D eigenvalue weighted by atomic mass is 10.0. The maximum absolute atomic E-state index is 12.7. The molecular weight excluding hydrogens is 342 g/mol. The first-order valence-corrected chi connectivity index (χ1v) is 9.03. The molecule has 0 aromatic carbocycles. The molecule has 0 aliphatic carbocycles. The van der Waals surface area contributed by atoms with Crippen LogP contribution >= 0.6 is 15.9 Å². The number of likely N-dealkylation sites (tertiary alicyclic amines) is 2. The molecule has 0 saturated carbocycles. The minimum atomic E-state index is 0.109. The number of carbonyl (C=O) groups excluding carboxylic acids is 1. The summed E-state index contributed by atoms with van der Waals surface area (Å²) in [7, 11) is 0. The van der Waals surface area contributed by atoms with Gasteiger partial charge in [0.1, 0.15) is 0 Å². The van der Waals surface area contributed by atoms with E-state index in [1.807, 2.05) is 11.0 Å². The maximum Gasteiger partial charge on any atom is 0.255 e. The highest BCUT2D eigenvalue weighted by Crippen LogP contribution is 2.30. The number of aromatic nitrogens is 1. The molecule has 3 unspecified atom stereocenters. The van der Waals surface area contributed by atoms with Crippen molar-refractivity contribution in [3.05, 3.63) is 28.5 Å². The SMILES string of the molecule is CC1CCC(C)N1C1CCCN(C(=O)c2cncc(Br)c2)C1. The Labute approximate surface area is 141 Å². The van der Waals surface area contributed by atoms with Gasteiger partial charge in [0.05, 0.1) is 5.56 Å². The van der Waals surface area contributed by atoms with Gasteiger partial charge in [0, 0.05) is 48.1 Å². The standard InChI is InChI=1S/C17H24BrN3O/c1-12-5-6-13(2)21(12)16-4-3-7-20(11-16)17(22)14-8-15(18)10-19-9-14/h8-10,12-13,16H,3-7,11H2,1-2H3. The van der Waals surface area contributed by atoms with Gasteiger partial charge in [-0.3, -0.25) is 14.7 Å². The quantitative estimate of drug-likeness (QED) is 0.806. The molecular formula is C17H24BrN3O. The predicted octanol–water partition coefficient (Wildman–Crippen LogP) is 3.32. The van der Waals surface area contributed by atoms with E-state index < -0.39 is 0 Å². The van der Waals surface area contributed by atoms with Crippen LogP contribution in [0.4, 0.5) is 0 Å². The second kappa shape index (κ2) is 6.67. The second-order valence-corrected chi connectivity index (χ2v) is 7.58. The number of carbonyl (C=O) groups is 1. The van der Waals surface area contributed by atoms with Crippen LogP contribution in [0.5, 0.6) is 0 Å². The molecule has 5 heteroatoms.